The smallest absolute Gasteiger partial charge is 0.420 e. The fourth-order valence-corrected chi connectivity index (χ4v) is 6.30. The van der Waals surface area contributed by atoms with E-state index in [9.17, 15) is 26.0 Å². The van der Waals surface area contributed by atoms with Gasteiger partial charge in [0, 0.05) is 18.3 Å². The molecule has 1 aliphatic heterocycles. The maximum absolute atomic E-state index is 13.8. The Morgan fingerprint density at radius 2 is 1.66 bits per heavy atom. The van der Waals surface area contributed by atoms with Crippen LogP contribution >= 0.6 is 0 Å². The van der Waals surface area contributed by atoms with Crippen molar-refractivity contribution in [2.45, 2.75) is 55.1 Å². The van der Waals surface area contributed by atoms with Crippen molar-refractivity contribution in [1.82, 2.24) is 4.72 Å². The molecule has 2 aromatic carbocycles. The van der Waals surface area contributed by atoms with Gasteiger partial charge in [0.15, 0.2) is 0 Å². The van der Waals surface area contributed by atoms with Crippen molar-refractivity contribution < 1.29 is 30.7 Å². The summed E-state index contributed by atoms with van der Waals surface area (Å²) < 4.78 is 89.4. The third kappa shape index (κ3) is 4.30. The Morgan fingerprint density at radius 3 is 2.22 bits per heavy atom. The lowest BCUT2D eigenvalue weighted by atomic mass is 9.90. The van der Waals surface area contributed by atoms with E-state index in [1.807, 2.05) is 0 Å². The van der Waals surface area contributed by atoms with Crippen LogP contribution in [0.2, 0.25) is 0 Å². The molecule has 1 saturated carbocycles. The lowest BCUT2D eigenvalue weighted by Gasteiger charge is -2.36. The van der Waals surface area contributed by atoms with Gasteiger partial charge in [-0.15, -0.1) is 0 Å². The van der Waals surface area contributed by atoms with Crippen molar-refractivity contribution in [3.63, 3.8) is 0 Å². The number of rotatable bonds is 2. The molecular weight excluding hydrogens is 448 g/mol. The van der Waals surface area contributed by atoms with Crippen LogP contribution in [0.4, 0.5) is 28.9 Å². The van der Waals surface area contributed by atoms with E-state index in [2.05, 4.69) is 4.72 Å². The summed E-state index contributed by atoms with van der Waals surface area (Å²) in [6.07, 6.45) is -0.126. The molecule has 2 aliphatic rings. The number of benzene rings is 2. The lowest BCUT2D eigenvalue weighted by molar-refractivity contribution is -0.138. The number of alkyl halides is 3. The first kappa shape index (κ1) is 22.8. The molecule has 1 fully saturated rings. The number of ether oxygens (including phenoxy) is 1. The minimum Gasteiger partial charge on any atom is -0.496 e. The van der Waals surface area contributed by atoms with E-state index < -0.39 is 38.9 Å². The van der Waals surface area contributed by atoms with Crippen LogP contribution in [0.5, 0.6) is 5.75 Å². The van der Waals surface area contributed by atoms with Crippen LogP contribution in [0.1, 0.15) is 44.1 Å². The molecule has 2 aromatic rings. The summed E-state index contributed by atoms with van der Waals surface area (Å²) in [7, 11) is -3.09. The second-order valence-corrected chi connectivity index (χ2v) is 10.0. The number of fused-ring (bicyclic) bond motifs is 1. The summed E-state index contributed by atoms with van der Waals surface area (Å²) >= 11 is 0. The van der Waals surface area contributed by atoms with Gasteiger partial charge in [-0.25, -0.2) is 17.5 Å². The highest BCUT2D eigenvalue weighted by molar-refractivity contribution is 7.89. The standard InChI is InChI=1S/C22H24F4N2O3S/c1-31-19-13-20-18(12-17(19)22(24,25)26)28(16-8-6-15(23)7-9-16)14-21(27-32(20,29)30)10-4-2-3-5-11-21/h6-9,12-13,27H,2-5,10-11,14H2,1H3. The van der Waals surface area contributed by atoms with Crippen LogP contribution < -0.4 is 14.4 Å². The molecule has 0 bridgehead atoms. The Labute approximate surface area is 184 Å². The Hall–Kier alpha value is -2.33. The predicted octanol–water partition coefficient (Wildman–Crippen LogP) is 5.38. The van der Waals surface area contributed by atoms with Crippen LogP contribution in [0, 0.1) is 5.82 Å². The zero-order valence-electron chi connectivity index (χ0n) is 17.5. The normalized spacial score (nSPS) is 20.3. The van der Waals surface area contributed by atoms with E-state index in [4.69, 9.17) is 4.74 Å². The Morgan fingerprint density at radius 1 is 1.03 bits per heavy atom. The van der Waals surface area contributed by atoms with Gasteiger partial charge in [-0.05, 0) is 43.2 Å². The second kappa shape index (κ2) is 8.22. The highest BCUT2D eigenvalue weighted by Gasteiger charge is 2.44. The van der Waals surface area contributed by atoms with Gasteiger partial charge in [-0.3, -0.25) is 0 Å². The monoisotopic (exact) mass is 472 g/mol. The first-order valence-corrected chi connectivity index (χ1v) is 11.9. The van der Waals surface area contributed by atoms with Crippen molar-refractivity contribution in [2.75, 3.05) is 18.6 Å². The maximum Gasteiger partial charge on any atom is 0.420 e. The van der Waals surface area contributed by atoms with Crippen molar-refractivity contribution in [3.8, 4) is 5.75 Å². The maximum atomic E-state index is 13.8. The Balaban J connectivity index is 1.98. The Bertz CT molecular complexity index is 1090. The van der Waals surface area contributed by atoms with Gasteiger partial charge in [-0.1, -0.05) is 25.7 Å². The molecule has 0 aromatic heterocycles. The van der Waals surface area contributed by atoms with Crippen LogP contribution in [0.25, 0.3) is 0 Å². The number of hydrogen-bond acceptors (Lipinski definition) is 4. The molecule has 5 nitrogen and oxygen atoms in total. The first-order valence-electron chi connectivity index (χ1n) is 10.4. The summed E-state index contributed by atoms with van der Waals surface area (Å²) in [6.45, 7) is 0.133. The number of methoxy groups -OCH3 is 1. The molecule has 0 unspecified atom stereocenters. The molecule has 1 heterocycles. The van der Waals surface area contributed by atoms with E-state index in [1.165, 1.54) is 24.3 Å². The van der Waals surface area contributed by atoms with Crippen LogP contribution in [-0.2, 0) is 16.2 Å². The highest BCUT2D eigenvalue weighted by Crippen LogP contribution is 2.46. The summed E-state index contributed by atoms with van der Waals surface area (Å²) in [5.41, 5.74) is -1.63. The topological polar surface area (TPSA) is 58.6 Å². The number of nitrogens with zero attached hydrogens (tertiary/aromatic N) is 1. The number of halogens is 4. The van der Waals surface area contributed by atoms with Crippen molar-refractivity contribution >= 4 is 21.4 Å². The van der Waals surface area contributed by atoms with Crippen molar-refractivity contribution in [2.24, 2.45) is 0 Å². The van der Waals surface area contributed by atoms with E-state index in [0.717, 1.165) is 44.9 Å². The molecule has 0 atom stereocenters. The largest absolute Gasteiger partial charge is 0.496 e. The zero-order chi connectivity index (χ0) is 23.1. The summed E-state index contributed by atoms with van der Waals surface area (Å²) in [6, 6.07) is 7.03. The van der Waals surface area contributed by atoms with E-state index >= 15 is 0 Å². The zero-order valence-corrected chi connectivity index (χ0v) is 18.3. The number of sulfonamides is 1. The van der Waals surface area contributed by atoms with Gasteiger partial charge in [0.25, 0.3) is 0 Å². The van der Waals surface area contributed by atoms with Gasteiger partial charge in [0.2, 0.25) is 10.0 Å². The van der Waals surface area contributed by atoms with Crippen LogP contribution in [0.3, 0.4) is 0 Å². The number of nitrogens with one attached hydrogen (secondary N) is 1. The number of anilines is 2. The SMILES string of the molecule is COc1cc2c(cc1C(F)(F)F)N(c1ccc(F)cc1)CC1(CCCCCC1)NS2(=O)=O. The van der Waals surface area contributed by atoms with Crippen molar-refractivity contribution in [3.05, 3.63) is 47.8 Å². The minimum absolute atomic E-state index is 0.113. The van der Waals surface area contributed by atoms with Crippen LogP contribution in [0.15, 0.2) is 41.3 Å². The molecule has 1 aliphatic carbocycles. The van der Waals surface area contributed by atoms with Gasteiger partial charge < -0.3 is 9.64 Å². The average Bonchev–Trinajstić information content (AvgIpc) is 3.00. The van der Waals surface area contributed by atoms with E-state index in [-0.39, 0.29) is 17.1 Å². The lowest BCUT2D eigenvalue weighted by Crippen LogP contribution is -2.52. The van der Waals surface area contributed by atoms with E-state index in [1.54, 1.807) is 4.90 Å². The molecule has 1 spiro atoms. The third-order valence-corrected chi connectivity index (χ3v) is 7.79. The van der Waals surface area contributed by atoms with Crippen molar-refractivity contribution in [1.29, 1.82) is 0 Å². The molecule has 0 saturated heterocycles. The molecule has 0 amide bonds. The number of hydrogen-bond donors (Lipinski definition) is 1. The first-order chi connectivity index (χ1) is 15.0. The Kier molecular flexibility index (Phi) is 5.87. The second-order valence-electron chi connectivity index (χ2n) is 8.38. The summed E-state index contributed by atoms with van der Waals surface area (Å²) in [4.78, 5) is 1.25. The molecule has 174 valence electrons. The molecule has 0 radical (unpaired) electrons. The summed E-state index contributed by atoms with van der Waals surface area (Å²) in [5.74, 6) is -1.07. The molecule has 32 heavy (non-hydrogen) atoms. The van der Waals surface area contributed by atoms with Crippen LogP contribution in [-0.4, -0.2) is 27.6 Å². The molecule has 10 heteroatoms. The molecule has 1 N–H and O–H groups in total. The molecular formula is C22H24F4N2O3S. The fourth-order valence-electron chi connectivity index (χ4n) is 4.64. The average molecular weight is 473 g/mol. The minimum atomic E-state index is -4.75. The highest BCUT2D eigenvalue weighted by atomic mass is 32.2. The predicted molar refractivity (Wildman–Crippen MR) is 112 cm³/mol. The van der Waals surface area contributed by atoms with Gasteiger partial charge in [0.1, 0.15) is 16.5 Å². The third-order valence-electron chi connectivity index (χ3n) is 6.18. The molecule has 4 rings (SSSR count). The summed E-state index contributed by atoms with van der Waals surface area (Å²) in [5, 5.41) is 0. The van der Waals surface area contributed by atoms with Gasteiger partial charge >= 0.3 is 6.18 Å². The fraction of sp³-hybridized carbons (Fsp3) is 0.455. The van der Waals surface area contributed by atoms with Gasteiger partial charge in [0.05, 0.1) is 23.9 Å². The quantitative estimate of drug-likeness (QED) is 0.597. The van der Waals surface area contributed by atoms with E-state index in [0.29, 0.717) is 18.5 Å². The van der Waals surface area contributed by atoms with Gasteiger partial charge in [-0.2, -0.15) is 13.2 Å².